The van der Waals surface area contributed by atoms with Gasteiger partial charge in [0, 0.05) is 5.69 Å². The van der Waals surface area contributed by atoms with E-state index in [2.05, 4.69) is 5.32 Å². The van der Waals surface area contributed by atoms with Gasteiger partial charge < -0.3 is 10.1 Å². The maximum Gasteiger partial charge on any atom is 0.265 e. The molecule has 0 aromatic heterocycles. The van der Waals surface area contributed by atoms with Crippen molar-refractivity contribution < 1.29 is 13.9 Å². The number of amides is 1. The minimum Gasteiger partial charge on any atom is -0.481 e. The Kier molecular flexibility index (Phi) is 5.15. The second-order valence-electron chi connectivity index (χ2n) is 5.21. The SMILES string of the molecule is CCC(Oc1ccc(F)cc1)C(=O)Nc1cccc(C)c1C. The van der Waals surface area contributed by atoms with Crippen molar-refractivity contribution in [1.82, 2.24) is 0 Å². The first-order valence-electron chi connectivity index (χ1n) is 7.30. The van der Waals surface area contributed by atoms with Gasteiger partial charge in [-0.3, -0.25) is 4.79 Å². The Morgan fingerprint density at radius 2 is 1.86 bits per heavy atom. The Morgan fingerprint density at radius 3 is 2.50 bits per heavy atom. The minimum atomic E-state index is -0.620. The van der Waals surface area contributed by atoms with Crippen molar-refractivity contribution in [1.29, 1.82) is 0 Å². The number of aryl methyl sites for hydroxylation is 1. The molecule has 1 amide bonds. The third-order valence-electron chi connectivity index (χ3n) is 3.62. The van der Waals surface area contributed by atoms with Gasteiger partial charge in [0.25, 0.3) is 5.91 Å². The van der Waals surface area contributed by atoms with Crippen molar-refractivity contribution in [3.63, 3.8) is 0 Å². The lowest BCUT2D eigenvalue weighted by molar-refractivity contribution is -0.122. The highest BCUT2D eigenvalue weighted by molar-refractivity contribution is 5.95. The number of nitrogens with one attached hydrogen (secondary N) is 1. The van der Waals surface area contributed by atoms with Gasteiger partial charge in [0.1, 0.15) is 11.6 Å². The van der Waals surface area contributed by atoms with Crippen LogP contribution in [0, 0.1) is 19.7 Å². The summed E-state index contributed by atoms with van der Waals surface area (Å²) in [5.41, 5.74) is 2.93. The number of ether oxygens (including phenoxy) is 1. The zero-order valence-electron chi connectivity index (χ0n) is 13.0. The summed E-state index contributed by atoms with van der Waals surface area (Å²) in [6, 6.07) is 11.4. The molecule has 4 heteroatoms. The number of hydrogen-bond acceptors (Lipinski definition) is 2. The van der Waals surface area contributed by atoms with E-state index in [4.69, 9.17) is 4.74 Å². The van der Waals surface area contributed by atoms with E-state index < -0.39 is 6.10 Å². The first-order valence-corrected chi connectivity index (χ1v) is 7.30. The van der Waals surface area contributed by atoms with Crippen LogP contribution in [0.4, 0.5) is 10.1 Å². The van der Waals surface area contributed by atoms with Crippen molar-refractivity contribution in [2.75, 3.05) is 5.32 Å². The van der Waals surface area contributed by atoms with Crippen molar-refractivity contribution in [3.8, 4) is 5.75 Å². The molecule has 2 aromatic carbocycles. The number of carbonyl (C=O) groups excluding carboxylic acids is 1. The van der Waals surface area contributed by atoms with E-state index in [1.54, 1.807) is 0 Å². The van der Waals surface area contributed by atoms with Crippen molar-refractivity contribution in [2.45, 2.75) is 33.3 Å². The normalized spacial score (nSPS) is 11.8. The predicted octanol–water partition coefficient (Wildman–Crippen LogP) is 4.24. The van der Waals surface area contributed by atoms with Crippen molar-refractivity contribution in [3.05, 3.63) is 59.4 Å². The van der Waals surface area contributed by atoms with E-state index >= 15 is 0 Å². The second-order valence-corrected chi connectivity index (χ2v) is 5.21. The smallest absolute Gasteiger partial charge is 0.265 e. The number of anilines is 1. The number of halogens is 1. The first-order chi connectivity index (χ1) is 10.5. The molecule has 0 aliphatic rings. The number of carbonyl (C=O) groups is 1. The molecule has 2 aromatic rings. The quantitative estimate of drug-likeness (QED) is 0.897. The van der Waals surface area contributed by atoms with Crippen molar-refractivity contribution >= 4 is 11.6 Å². The fraction of sp³-hybridized carbons (Fsp3) is 0.278. The largest absolute Gasteiger partial charge is 0.481 e. The lowest BCUT2D eigenvalue weighted by Crippen LogP contribution is -2.32. The first kappa shape index (κ1) is 16.0. The van der Waals surface area contributed by atoms with Crippen LogP contribution in [0.3, 0.4) is 0 Å². The molecule has 1 unspecified atom stereocenters. The van der Waals surface area contributed by atoms with Crippen LogP contribution in [0.25, 0.3) is 0 Å². The van der Waals surface area contributed by atoms with E-state index in [9.17, 15) is 9.18 Å². The summed E-state index contributed by atoms with van der Waals surface area (Å²) >= 11 is 0. The molecule has 0 radical (unpaired) electrons. The Hall–Kier alpha value is -2.36. The van der Waals surface area contributed by atoms with Crippen LogP contribution in [0.1, 0.15) is 24.5 Å². The monoisotopic (exact) mass is 301 g/mol. The van der Waals surface area contributed by atoms with Gasteiger partial charge >= 0.3 is 0 Å². The van der Waals surface area contributed by atoms with Crippen molar-refractivity contribution in [2.24, 2.45) is 0 Å². The summed E-state index contributed by atoms with van der Waals surface area (Å²) in [5, 5.41) is 2.90. The fourth-order valence-electron chi connectivity index (χ4n) is 2.10. The zero-order valence-corrected chi connectivity index (χ0v) is 13.0. The second kappa shape index (κ2) is 7.07. The Bertz CT molecular complexity index is 653. The van der Waals surface area contributed by atoms with Gasteiger partial charge in [-0.25, -0.2) is 4.39 Å². The molecule has 0 fully saturated rings. The van der Waals surface area contributed by atoms with Crippen LogP contribution in [0.2, 0.25) is 0 Å². The summed E-state index contributed by atoms with van der Waals surface area (Å²) in [6.45, 7) is 5.83. The van der Waals surface area contributed by atoms with Gasteiger partial charge in [0.2, 0.25) is 0 Å². The molecule has 0 saturated carbocycles. The Labute approximate surface area is 130 Å². The molecule has 116 valence electrons. The number of benzene rings is 2. The third-order valence-corrected chi connectivity index (χ3v) is 3.62. The van der Waals surface area contributed by atoms with Gasteiger partial charge in [-0.2, -0.15) is 0 Å². The van der Waals surface area contributed by atoms with E-state index in [0.29, 0.717) is 12.2 Å². The lowest BCUT2D eigenvalue weighted by atomic mass is 10.1. The maximum absolute atomic E-state index is 12.9. The number of rotatable bonds is 5. The molecule has 3 nitrogen and oxygen atoms in total. The fourth-order valence-corrected chi connectivity index (χ4v) is 2.10. The molecule has 1 atom stereocenters. The van der Waals surface area contributed by atoms with Crippen LogP contribution in [-0.2, 0) is 4.79 Å². The average molecular weight is 301 g/mol. The van der Waals surface area contributed by atoms with Crippen LogP contribution < -0.4 is 10.1 Å². The van der Waals surface area contributed by atoms with Gasteiger partial charge in [0.15, 0.2) is 6.10 Å². The molecular weight excluding hydrogens is 281 g/mol. The molecule has 0 spiro atoms. The third kappa shape index (κ3) is 3.85. The highest BCUT2D eigenvalue weighted by atomic mass is 19.1. The Morgan fingerprint density at radius 1 is 1.18 bits per heavy atom. The zero-order chi connectivity index (χ0) is 16.1. The van der Waals surface area contributed by atoms with Gasteiger partial charge in [0.05, 0.1) is 0 Å². The minimum absolute atomic E-state index is 0.208. The lowest BCUT2D eigenvalue weighted by Gasteiger charge is -2.18. The summed E-state index contributed by atoms with van der Waals surface area (Å²) < 4.78 is 18.5. The highest BCUT2D eigenvalue weighted by Gasteiger charge is 2.19. The standard InChI is InChI=1S/C18H20FNO2/c1-4-17(22-15-10-8-14(19)9-11-15)18(21)20-16-7-5-6-12(2)13(16)3/h5-11,17H,4H2,1-3H3,(H,20,21). The van der Waals surface area contributed by atoms with E-state index in [1.807, 2.05) is 39.0 Å². The van der Waals surface area contributed by atoms with Crippen LogP contribution in [0.15, 0.2) is 42.5 Å². The number of hydrogen-bond donors (Lipinski definition) is 1. The summed E-state index contributed by atoms with van der Waals surface area (Å²) in [5.74, 6) is -0.0647. The molecule has 0 aliphatic heterocycles. The van der Waals surface area contributed by atoms with E-state index in [0.717, 1.165) is 16.8 Å². The molecule has 2 rings (SSSR count). The Balaban J connectivity index is 2.08. The molecule has 0 heterocycles. The van der Waals surface area contributed by atoms with E-state index in [-0.39, 0.29) is 11.7 Å². The maximum atomic E-state index is 12.9. The predicted molar refractivity (Wildman–Crippen MR) is 85.7 cm³/mol. The summed E-state index contributed by atoms with van der Waals surface area (Å²) in [7, 11) is 0. The molecule has 0 saturated heterocycles. The topological polar surface area (TPSA) is 38.3 Å². The van der Waals surface area contributed by atoms with Crippen LogP contribution >= 0.6 is 0 Å². The average Bonchev–Trinajstić information content (AvgIpc) is 2.51. The van der Waals surface area contributed by atoms with Gasteiger partial charge in [-0.15, -0.1) is 0 Å². The molecule has 0 bridgehead atoms. The molecule has 0 aliphatic carbocycles. The van der Waals surface area contributed by atoms with Gasteiger partial charge in [-0.05, 0) is 61.7 Å². The summed E-state index contributed by atoms with van der Waals surface area (Å²) in [6.07, 6.45) is -0.0981. The van der Waals surface area contributed by atoms with Crippen LogP contribution in [-0.4, -0.2) is 12.0 Å². The highest BCUT2D eigenvalue weighted by Crippen LogP contribution is 2.20. The van der Waals surface area contributed by atoms with E-state index in [1.165, 1.54) is 24.3 Å². The summed E-state index contributed by atoms with van der Waals surface area (Å²) in [4.78, 5) is 12.4. The molecular formula is C18H20FNO2. The van der Waals surface area contributed by atoms with Crippen LogP contribution in [0.5, 0.6) is 5.75 Å². The molecule has 22 heavy (non-hydrogen) atoms. The van der Waals surface area contributed by atoms with Gasteiger partial charge in [-0.1, -0.05) is 19.1 Å². The molecule has 1 N–H and O–H groups in total.